The van der Waals surface area contributed by atoms with Gasteiger partial charge in [-0.3, -0.25) is 14.4 Å². The van der Waals surface area contributed by atoms with E-state index >= 15 is 0 Å². The highest BCUT2D eigenvalue weighted by molar-refractivity contribution is 8.02. The van der Waals surface area contributed by atoms with Crippen LogP contribution < -0.4 is 0 Å². The molecule has 0 saturated carbocycles. The van der Waals surface area contributed by atoms with Crippen molar-refractivity contribution in [2.45, 2.75) is 68.5 Å². The molecule has 2 amide bonds. The molecule has 4 aliphatic rings. The van der Waals surface area contributed by atoms with Crippen molar-refractivity contribution in [3.05, 3.63) is 24.3 Å². The Morgan fingerprint density at radius 1 is 1.18 bits per heavy atom. The second-order valence-corrected chi connectivity index (χ2v) is 11.9. The van der Waals surface area contributed by atoms with Gasteiger partial charge in [-0.25, -0.2) is 0 Å². The number of hydrogen-bond acceptors (Lipinski definition) is 6. The molecule has 6 atom stereocenters. The van der Waals surface area contributed by atoms with Gasteiger partial charge < -0.3 is 19.6 Å². The van der Waals surface area contributed by atoms with Gasteiger partial charge in [-0.05, 0) is 25.7 Å². The standard InChI is InChI=1S/C25H36N2O5S/c1-5-6-12-26-13-9-11-25-18(19-23(31)32-14-8-7-10-24(19,4)33-25)21(29)27(20(25)22(26)30)17(15-28)16(2)3/h7,9-11,16-20,28H,5-6,8,12-15H2,1-4H3/t17-,18-,19-,20?,24+,25-/m0/s1. The highest BCUT2D eigenvalue weighted by Gasteiger charge is 2.74. The number of aliphatic hydroxyl groups is 1. The summed E-state index contributed by atoms with van der Waals surface area (Å²) in [5.74, 6) is -2.14. The number of likely N-dealkylation sites (tertiary alicyclic amines) is 1. The molecule has 4 aliphatic heterocycles. The third-order valence-electron chi connectivity index (χ3n) is 7.64. The number of ether oxygens (including phenoxy) is 1. The highest BCUT2D eigenvalue weighted by atomic mass is 32.2. The Labute approximate surface area is 200 Å². The van der Waals surface area contributed by atoms with Crippen LogP contribution in [-0.4, -0.2) is 80.6 Å². The minimum absolute atomic E-state index is 0.0421. The van der Waals surface area contributed by atoms with E-state index in [0.717, 1.165) is 12.8 Å². The number of cyclic esters (lactones) is 1. The van der Waals surface area contributed by atoms with Gasteiger partial charge in [0.25, 0.3) is 0 Å². The Kier molecular flexibility index (Phi) is 6.71. The normalized spacial score (nSPS) is 36.8. The number of nitrogens with zero attached hydrogens (tertiary/aromatic N) is 2. The van der Waals surface area contributed by atoms with Gasteiger partial charge in [-0.15, -0.1) is 11.8 Å². The van der Waals surface area contributed by atoms with Crippen LogP contribution >= 0.6 is 11.8 Å². The van der Waals surface area contributed by atoms with Gasteiger partial charge in [0.15, 0.2) is 0 Å². The van der Waals surface area contributed by atoms with E-state index in [9.17, 15) is 19.5 Å². The van der Waals surface area contributed by atoms with E-state index in [2.05, 4.69) is 6.92 Å². The molecule has 33 heavy (non-hydrogen) atoms. The Balaban J connectivity index is 1.88. The molecular weight excluding hydrogens is 440 g/mol. The van der Waals surface area contributed by atoms with Crippen molar-refractivity contribution in [3.63, 3.8) is 0 Å². The molecule has 0 aliphatic carbocycles. The molecule has 1 N–H and O–H groups in total. The molecule has 4 rings (SSSR count). The van der Waals surface area contributed by atoms with Crippen LogP contribution in [0.2, 0.25) is 0 Å². The average molecular weight is 477 g/mol. The first-order valence-electron chi connectivity index (χ1n) is 12.2. The first kappa shape index (κ1) is 24.3. The fourth-order valence-corrected chi connectivity index (χ4v) is 8.14. The van der Waals surface area contributed by atoms with E-state index in [0.29, 0.717) is 26.1 Å². The maximum absolute atomic E-state index is 14.1. The molecule has 0 bridgehead atoms. The summed E-state index contributed by atoms with van der Waals surface area (Å²) >= 11 is 1.55. The molecule has 1 unspecified atom stereocenters. The summed E-state index contributed by atoms with van der Waals surface area (Å²) in [6.07, 6.45) is 10.5. The number of esters is 1. The molecule has 182 valence electrons. The second kappa shape index (κ2) is 9.10. The topological polar surface area (TPSA) is 87.2 Å². The number of thioether (sulfide) groups is 1. The number of amides is 2. The number of aliphatic hydroxyl groups excluding tert-OH is 1. The fourth-order valence-electron chi connectivity index (χ4n) is 6.00. The molecule has 2 saturated heterocycles. The largest absolute Gasteiger partial charge is 0.465 e. The van der Waals surface area contributed by atoms with Crippen molar-refractivity contribution in [3.8, 4) is 0 Å². The Bertz CT molecular complexity index is 873. The SMILES string of the molecule is CCCCN1CC=C[C@]23S[C@]4(C)C=CCCOC(=O)[C@@H]4[C@H]2C(=O)N([C@@H](CO)C(C)C)C3C1=O. The smallest absolute Gasteiger partial charge is 0.311 e. The van der Waals surface area contributed by atoms with Crippen molar-refractivity contribution in [2.75, 3.05) is 26.3 Å². The molecule has 0 radical (unpaired) electrons. The summed E-state index contributed by atoms with van der Waals surface area (Å²) in [5.41, 5.74) is 0. The average Bonchev–Trinajstić information content (AvgIpc) is 3.08. The molecule has 0 aromatic carbocycles. The van der Waals surface area contributed by atoms with Gasteiger partial charge >= 0.3 is 5.97 Å². The highest BCUT2D eigenvalue weighted by Crippen LogP contribution is 2.65. The molecule has 1 spiro atoms. The monoisotopic (exact) mass is 476 g/mol. The number of unbranched alkanes of at least 4 members (excludes halogenated alkanes) is 1. The van der Waals surface area contributed by atoms with E-state index in [-0.39, 0.29) is 30.3 Å². The molecular formula is C25H36N2O5S. The van der Waals surface area contributed by atoms with Crippen LogP contribution in [0.1, 0.15) is 47.0 Å². The molecule has 0 aromatic heterocycles. The predicted octanol–water partition coefficient (Wildman–Crippen LogP) is 2.39. The van der Waals surface area contributed by atoms with E-state index in [4.69, 9.17) is 4.74 Å². The predicted molar refractivity (Wildman–Crippen MR) is 127 cm³/mol. The summed E-state index contributed by atoms with van der Waals surface area (Å²) in [7, 11) is 0. The number of carbonyl (C=O) groups excluding carboxylic acids is 3. The van der Waals surface area contributed by atoms with Gasteiger partial charge in [0, 0.05) is 17.8 Å². The lowest BCUT2D eigenvalue weighted by molar-refractivity contribution is -0.155. The Morgan fingerprint density at radius 2 is 1.94 bits per heavy atom. The number of hydrogen-bond donors (Lipinski definition) is 1. The molecule has 4 heterocycles. The van der Waals surface area contributed by atoms with Gasteiger partial charge in [-0.2, -0.15) is 0 Å². The molecule has 7 nitrogen and oxygen atoms in total. The van der Waals surface area contributed by atoms with Crippen LogP contribution in [-0.2, 0) is 19.1 Å². The maximum atomic E-state index is 14.1. The molecule has 8 heteroatoms. The van der Waals surface area contributed by atoms with E-state index < -0.39 is 33.4 Å². The minimum atomic E-state index is -0.884. The zero-order chi connectivity index (χ0) is 24.0. The van der Waals surface area contributed by atoms with Crippen molar-refractivity contribution in [1.82, 2.24) is 9.80 Å². The first-order valence-corrected chi connectivity index (χ1v) is 13.0. The van der Waals surface area contributed by atoms with Crippen LogP contribution in [0.3, 0.4) is 0 Å². The van der Waals surface area contributed by atoms with Gasteiger partial charge in [0.1, 0.15) is 6.04 Å². The Morgan fingerprint density at radius 3 is 2.61 bits per heavy atom. The van der Waals surface area contributed by atoms with Crippen molar-refractivity contribution < 1.29 is 24.2 Å². The van der Waals surface area contributed by atoms with Crippen molar-refractivity contribution in [2.24, 2.45) is 17.8 Å². The lowest BCUT2D eigenvalue weighted by atomic mass is 9.74. The van der Waals surface area contributed by atoms with E-state index in [1.54, 1.807) is 16.7 Å². The lowest BCUT2D eigenvalue weighted by Crippen LogP contribution is -2.58. The summed E-state index contributed by atoms with van der Waals surface area (Å²) in [4.78, 5) is 44.9. The fraction of sp³-hybridized carbons (Fsp3) is 0.720. The van der Waals surface area contributed by atoms with Crippen LogP contribution in [0.25, 0.3) is 0 Å². The second-order valence-electron chi connectivity index (χ2n) is 10.1. The zero-order valence-electron chi connectivity index (χ0n) is 20.0. The van der Waals surface area contributed by atoms with Crippen molar-refractivity contribution in [1.29, 1.82) is 0 Å². The lowest BCUT2D eigenvalue weighted by Gasteiger charge is -2.41. The van der Waals surface area contributed by atoms with Crippen molar-refractivity contribution >= 4 is 29.5 Å². The van der Waals surface area contributed by atoms with Crippen LogP contribution in [0, 0.1) is 17.8 Å². The Hall–Kier alpha value is -1.80. The number of carbonyl (C=O) groups is 3. The number of rotatable bonds is 6. The molecule has 0 aromatic rings. The summed E-state index contributed by atoms with van der Waals surface area (Å²) in [6, 6.07) is -1.26. The summed E-state index contributed by atoms with van der Waals surface area (Å²) in [6.45, 7) is 9.14. The van der Waals surface area contributed by atoms with Crippen LogP contribution in [0.4, 0.5) is 0 Å². The summed E-state index contributed by atoms with van der Waals surface area (Å²) < 4.78 is 4.01. The van der Waals surface area contributed by atoms with Crippen LogP contribution in [0.15, 0.2) is 24.3 Å². The van der Waals surface area contributed by atoms with E-state index in [1.165, 1.54) is 0 Å². The molecule has 2 fully saturated rings. The first-order chi connectivity index (χ1) is 15.7. The number of fused-ring (bicyclic) bond motifs is 2. The van der Waals surface area contributed by atoms with E-state index in [1.807, 2.05) is 50.0 Å². The quantitative estimate of drug-likeness (QED) is 0.468. The summed E-state index contributed by atoms with van der Waals surface area (Å²) in [5, 5.41) is 10.3. The minimum Gasteiger partial charge on any atom is -0.465 e. The maximum Gasteiger partial charge on any atom is 0.311 e. The third kappa shape index (κ3) is 3.73. The van der Waals surface area contributed by atoms with Gasteiger partial charge in [-0.1, -0.05) is 51.5 Å². The van der Waals surface area contributed by atoms with Gasteiger partial charge in [0.2, 0.25) is 11.8 Å². The van der Waals surface area contributed by atoms with Crippen LogP contribution in [0.5, 0.6) is 0 Å². The van der Waals surface area contributed by atoms with Gasteiger partial charge in [0.05, 0.1) is 35.8 Å². The third-order valence-corrected chi connectivity index (χ3v) is 9.43. The zero-order valence-corrected chi connectivity index (χ0v) is 20.8.